The molecule has 4 atom stereocenters. The lowest BCUT2D eigenvalue weighted by Gasteiger charge is -2.29. The van der Waals surface area contributed by atoms with Crippen LogP contribution in [-0.2, 0) is 38.1 Å². The van der Waals surface area contributed by atoms with E-state index in [0.717, 1.165) is 17.1 Å². The molecule has 3 aromatic carbocycles. The molecule has 0 fully saturated rings. The van der Waals surface area contributed by atoms with E-state index in [1.54, 1.807) is 13.8 Å². The number of hydrogen-bond acceptors (Lipinski definition) is 11. The van der Waals surface area contributed by atoms with Crippen LogP contribution in [0, 0.1) is 0 Å². The van der Waals surface area contributed by atoms with E-state index < -0.39 is 31.0 Å². The van der Waals surface area contributed by atoms with E-state index >= 15 is 0 Å². The molecule has 58 heavy (non-hydrogen) atoms. The van der Waals surface area contributed by atoms with Crippen molar-refractivity contribution in [1.82, 2.24) is 0 Å². The second-order valence-corrected chi connectivity index (χ2v) is 28.4. The Morgan fingerprint density at radius 3 is 1.14 bits per heavy atom. The Labute approximate surface area is 351 Å². The Hall–Kier alpha value is -4.41. The van der Waals surface area contributed by atoms with Gasteiger partial charge in [-0.15, -0.1) is 0 Å². The van der Waals surface area contributed by atoms with Gasteiger partial charge in [0.1, 0.15) is 12.1 Å². The van der Waals surface area contributed by atoms with Crippen molar-refractivity contribution in [3.63, 3.8) is 0 Å². The molecule has 0 aliphatic heterocycles. The average molecular weight is 854 g/mol. The van der Waals surface area contributed by atoms with Crippen LogP contribution in [0.15, 0.2) is 72.8 Å². The maximum absolute atomic E-state index is 12.1. The first-order chi connectivity index (χ1) is 27.2. The summed E-state index contributed by atoms with van der Waals surface area (Å²) in [6, 6.07) is 23.4. The van der Waals surface area contributed by atoms with Gasteiger partial charge in [-0.05, 0) is 77.9 Å². The fraction of sp³-hybridized carbons (Fsp3) is 0.500. The largest absolute Gasteiger partial charge is 0.466 e. The summed E-state index contributed by atoms with van der Waals surface area (Å²) in [6.07, 6.45) is 0. The highest BCUT2D eigenvalue weighted by atomic mass is 28.3. The molecule has 0 radical (unpaired) electrons. The van der Waals surface area contributed by atoms with Gasteiger partial charge in [-0.2, -0.15) is 0 Å². The monoisotopic (exact) mass is 853 g/mol. The first-order valence-corrected chi connectivity index (χ1v) is 29.5. The van der Waals surface area contributed by atoms with Crippen LogP contribution in [0.1, 0.15) is 55.4 Å². The van der Waals surface area contributed by atoms with E-state index in [4.69, 9.17) is 24.7 Å². The molecule has 0 aliphatic carbocycles. The predicted octanol–water partition coefficient (Wildman–Crippen LogP) is 6.80. The van der Waals surface area contributed by atoms with Crippen LogP contribution in [0.3, 0.4) is 0 Å². The second kappa shape index (κ2) is 25.2. The van der Waals surface area contributed by atoms with Crippen LogP contribution in [0.4, 0.5) is 17.1 Å². The molecular formula is C44H71N3O8Si3. The van der Waals surface area contributed by atoms with E-state index in [1.807, 2.05) is 102 Å². The van der Waals surface area contributed by atoms with Crippen molar-refractivity contribution in [3.8, 4) is 0 Å². The Morgan fingerprint density at radius 1 is 0.534 bits per heavy atom. The zero-order valence-corrected chi connectivity index (χ0v) is 40.6. The van der Waals surface area contributed by atoms with E-state index in [-0.39, 0.29) is 41.0 Å². The first-order valence-electron chi connectivity index (χ1n) is 20.4. The predicted molar refractivity (Wildman–Crippen MR) is 248 cm³/mol. The van der Waals surface area contributed by atoms with Crippen LogP contribution in [0.2, 0.25) is 50.4 Å². The molecule has 0 spiro atoms. The highest BCUT2D eigenvalue weighted by Gasteiger charge is 2.37. The molecule has 4 N–H and O–H groups in total. The molecule has 4 unspecified atom stereocenters. The standard InChI is InChI=1S/C18H29NO4Si.2C13H21NO2Si/c1-7-22-17(20)13(3)19-15-9-11-16(12-10-15)24(5,6)14(4)18(21)23-8-2;1-5-16-13(15)10(2)17(3,4)12-8-6-11(14)7-9-12;1-5-16-13(15)10(2)14-11-6-8-12(9-7-11)17(3)4/h9-14,19H,7-8H2,1-6H3;6-10H,5,14H2,1-4H3;6-10,14,17H,5H2,1-4H3. The maximum atomic E-state index is 12.1. The van der Waals surface area contributed by atoms with Crippen molar-refractivity contribution < 1.29 is 38.1 Å². The van der Waals surface area contributed by atoms with Gasteiger partial charge in [0.25, 0.3) is 0 Å². The van der Waals surface area contributed by atoms with Crippen LogP contribution in [0.25, 0.3) is 0 Å². The summed E-state index contributed by atoms with van der Waals surface area (Å²) in [5.41, 5.74) is 8.08. The number of nitrogen functional groups attached to an aromatic ring is 1. The van der Waals surface area contributed by atoms with Gasteiger partial charge in [-0.25, -0.2) is 9.59 Å². The molecule has 0 amide bonds. The summed E-state index contributed by atoms with van der Waals surface area (Å²) in [7, 11) is -4.55. The number of ether oxygens (including phenoxy) is 4. The SMILES string of the molecule is CCOC(=O)C(C)Nc1ccc([SiH](C)C)cc1.CCOC(=O)C(C)Nc1ccc([Si](C)(C)C(C)C(=O)OCC)cc1.CCOC(=O)C(C)[Si](C)(C)c1ccc(N)cc1. The Balaban J connectivity index is 0.000000445. The Kier molecular flexibility index (Phi) is 22.4. The van der Waals surface area contributed by atoms with Crippen molar-refractivity contribution in [2.45, 2.75) is 118 Å². The molecule has 3 aromatic rings. The highest BCUT2D eigenvalue weighted by molar-refractivity contribution is 6.93. The molecule has 0 heterocycles. The van der Waals surface area contributed by atoms with Crippen LogP contribution < -0.4 is 31.9 Å². The van der Waals surface area contributed by atoms with E-state index in [1.165, 1.54) is 15.6 Å². The van der Waals surface area contributed by atoms with Gasteiger partial charge in [0.2, 0.25) is 0 Å². The smallest absolute Gasteiger partial charge is 0.328 e. The lowest BCUT2D eigenvalue weighted by molar-refractivity contribution is -0.144. The van der Waals surface area contributed by atoms with Crippen LogP contribution in [0.5, 0.6) is 0 Å². The number of anilines is 3. The normalized spacial score (nSPS) is 13.2. The number of carbonyl (C=O) groups is 4. The molecule has 322 valence electrons. The zero-order valence-electron chi connectivity index (χ0n) is 37.5. The van der Waals surface area contributed by atoms with Gasteiger partial charge < -0.3 is 35.3 Å². The van der Waals surface area contributed by atoms with Crippen molar-refractivity contribution in [2.24, 2.45) is 0 Å². The van der Waals surface area contributed by atoms with Crippen molar-refractivity contribution >= 4 is 81.4 Å². The van der Waals surface area contributed by atoms with Gasteiger partial charge in [0, 0.05) is 17.1 Å². The fourth-order valence-corrected chi connectivity index (χ4v) is 11.0. The summed E-state index contributed by atoms with van der Waals surface area (Å²) >= 11 is 0. The quantitative estimate of drug-likeness (QED) is 0.0569. The molecule has 11 nitrogen and oxygen atoms in total. The van der Waals surface area contributed by atoms with Crippen molar-refractivity contribution in [1.29, 1.82) is 0 Å². The number of esters is 4. The summed E-state index contributed by atoms with van der Waals surface area (Å²) in [6.45, 7) is 29.7. The van der Waals surface area contributed by atoms with Gasteiger partial charge in [-0.3, -0.25) is 9.59 Å². The molecule has 3 rings (SSSR count). The maximum Gasteiger partial charge on any atom is 0.328 e. The lowest BCUT2D eigenvalue weighted by atomic mass is 10.2. The number of nitrogens with two attached hydrogens (primary N) is 1. The first kappa shape index (κ1) is 51.6. The van der Waals surface area contributed by atoms with Gasteiger partial charge in [0.05, 0.1) is 62.5 Å². The topological polar surface area (TPSA) is 155 Å². The van der Waals surface area contributed by atoms with E-state index in [2.05, 4.69) is 62.0 Å². The number of hydrogen-bond donors (Lipinski definition) is 3. The average Bonchev–Trinajstić information content (AvgIpc) is 3.18. The van der Waals surface area contributed by atoms with Gasteiger partial charge in [0.15, 0.2) is 0 Å². The molecule has 0 saturated heterocycles. The van der Waals surface area contributed by atoms with Crippen LogP contribution >= 0.6 is 0 Å². The molecule has 0 aromatic heterocycles. The Bertz CT molecular complexity index is 1700. The summed E-state index contributed by atoms with van der Waals surface area (Å²) in [4.78, 5) is 47.0. The zero-order chi connectivity index (χ0) is 44.2. The van der Waals surface area contributed by atoms with Crippen molar-refractivity contribution in [3.05, 3.63) is 72.8 Å². The molecular weight excluding hydrogens is 783 g/mol. The summed E-state index contributed by atoms with van der Waals surface area (Å²) in [5, 5.41) is 10.1. The third-order valence-corrected chi connectivity index (χ3v) is 20.5. The second-order valence-electron chi connectivity index (χ2n) is 15.6. The fourth-order valence-electron chi connectivity index (χ4n) is 5.65. The number of benzene rings is 3. The molecule has 14 heteroatoms. The van der Waals surface area contributed by atoms with Crippen LogP contribution in [-0.4, -0.2) is 87.3 Å². The summed E-state index contributed by atoms with van der Waals surface area (Å²) < 4.78 is 20.2. The third kappa shape index (κ3) is 16.5. The van der Waals surface area contributed by atoms with Crippen molar-refractivity contribution in [2.75, 3.05) is 42.8 Å². The minimum atomic E-state index is -1.97. The lowest BCUT2D eigenvalue weighted by Crippen LogP contribution is -2.48. The molecule has 0 saturated carbocycles. The third-order valence-electron chi connectivity index (χ3n) is 10.4. The minimum Gasteiger partial charge on any atom is -0.466 e. The van der Waals surface area contributed by atoms with Gasteiger partial charge in [-0.1, -0.05) is 105 Å². The number of nitrogens with one attached hydrogen (secondary N) is 2. The van der Waals surface area contributed by atoms with E-state index in [0.29, 0.717) is 26.4 Å². The Morgan fingerprint density at radius 2 is 0.828 bits per heavy atom. The summed E-state index contributed by atoms with van der Waals surface area (Å²) in [5.74, 6) is -0.713. The van der Waals surface area contributed by atoms with E-state index in [9.17, 15) is 19.2 Å². The number of rotatable bonds is 17. The highest BCUT2D eigenvalue weighted by Crippen LogP contribution is 2.25. The molecule has 0 aliphatic rings. The van der Waals surface area contributed by atoms with Gasteiger partial charge >= 0.3 is 23.9 Å². The number of carbonyl (C=O) groups excluding carboxylic acids is 4. The molecule has 0 bridgehead atoms. The minimum absolute atomic E-state index is 0.0499.